The van der Waals surface area contributed by atoms with Crippen molar-refractivity contribution in [2.24, 2.45) is 5.73 Å². The molecule has 1 aromatic heterocycles. The highest BCUT2D eigenvalue weighted by atomic mass is 35.5. The molecule has 2 aliphatic rings. The molecular weight excluding hydrogens is 325 g/mol. The molecule has 1 aliphatic heterocycles. The highest BCUT2D eigenvalue weighted by molar-refractivity contribution is 5.85. The molecule has 0 bridgehead atoms. The molecule has 126 valence electrons. The summed E-state index contributed by atoms with van der Waals surface area (Å²) < 4.78 is 45.7. The Labute approximate surface area is 131 Å². The molecule has 22 heavy (non-hydrogen) atoms. The van der Waals surface area contributed by atoms with Crippen molar-refractivity contribution >= 4 is 12.4 Å². The second kappa shape index (κ2) is 6.69. The molecule has 2 heterocycles. The summed E-state index contributed by atoms with van der Waals surface area (Å²) in [5, 5.41) is 8.44. The van der Waals surface area contributed by atoms with Crippen molar-refractivity contribution in [3.63, 3.8) is 0 Å². The van der Waals surface area contributed by atoms with Crippen LogP contribution in [0.3, 0.4) is 0 Å². The number of halogens is 4. The van der Waals surface area contributed by atoms with Crippen molar-refractivity contribution in [3.8, 4) is 0 Å². The summed E-state index contributed by atoms with van der Waals surface area (Å²) in [7, 11) is 0. The average Bonchev–Trinajstić information content (AvgIpc) is 2.82. The Kier molecular flexibility index (Phi) is 5.31. The van der Waals surface area contributed by atoms with E-state index in [4.69, 9.17) is 10.5 Å². The van der Waals surface area contributed by atoms with Crippen LogP contribution in [0, 0.1) is 0 Å². The SMILES string of the molecule is Cl.N[C@@H]1CC[C@@H](c2cnn(C3CC(OC(F)(F)F)C3)n2)OC1. The van der Waals surface area contributed by atoms with E-state index in [-0.39, 0.29) is 43.4 Å². The van der Waals surface area contributed by atoms with Gasteiger partial charge in [0.25, 0.3) is 0 Å². The topological polar surface area (TPSA) is 75.2 Å². The zero-order valence-corrected chi connectivity index (χ0v) is 12.5. The molecule has 1 aliphatic carbocycles. The van der Waals surface area contributed by atoms with Gasteiger partial charge in [-0.15, -0.1) is 25.6 Å². The summed E-state index contributed by atoms with van der Waals surface area (Å²) in [6.45, 7) is 0.489. The van der Waals surface area contributed by atoms with Crippen LogP contribution in [-0.2, 0) is 9.47 Å². The second-order valence-corrected chi connectivity index (χ2v) is 5.56. The molecule has 2 fully saturated rings. The van der Waals surface area contributed by atoms with E-state index in [1.165, 1.54) is 4.80 Å². The van der Waals surface area contributed by atoms with Gasteiger partial charge in [-0.3, -0.25) is 4.74 Å². The van der Waals surface area contributed by atoms with E-state index >= 15 is 0 Å². The third kappa shape index (κ3) is 4.09. The molecule has 10 heteroatoms. The van der Waals surface area contributed by atoms with Gasteiger partial charge in [0.15, 0.2) is 0 Å². The van der Waals surface area contributed by atoms with Gasteiger partial charge in [-0.05, 0) is 25.7 Å². The lowest BCUT2D eigenvalue weighted by Gasteiger charge is -2.34. The zero-order chi connectivity index (χ0) is 15.0. The van der Waals surface area contributed by atoms with Crippen molar-refractivity contribution in [1.29, 1.82) is 0 Å². The predicted molar refractivity (Wildman–Crippen MR) is 72.4 cm³/mol. The monoisotopic (exact) mass is 342 g/mol. The van der Waals surface area contributed by atoms with Crippen LogP contribution < -0.4 is 5.73 Å². The fourth-order valence-electron chi connectivity index (χ4n) is 2.63. The molecule has 1 aromatic rings. The quantitative estimate of drug-likeness (QED) is 0.910. The van der Waals surface area contributed by atoms with Gasteiger partial charge >= 0.3 is 6.36 Å². The molecule has 2 N–H and O–H groups in total. The van der Waals surface area contributed by atoms with Crippen molar-refractivity contribution < 1.29 is 22.6 Å². The van der Waals surface area contributed by atoms with Crippen molar-refractivity contribution in [2.75, 3.05) is 6.61 Å². The van der Waals surface area contributed by atoms with Gasteiger partial charge in [-0.2, -0.15) is 15.0 Å². The Bertz CT molecular complexity index is 485. The van der Waals surface area contributed by atoms with Gasteiger partial charge in [0.2, 0.25) is 0 Å². The largest absolute Gasteiger partial charge is 0.522 e. The first-order valence-corrected chi connectivity index (χ1v) is 6.94. The molecule has 1 saturated heterocycles. The van der Waals surface area contributed by atoms with Crippen LogP contribution in [0.2, 0.25) is 0 Å². The Hall–Kier alpha value is -0.900. The van der Waals surface area contributed by atoms with E-state index in [1.54, 1.807) is 6.20 Å². The minimum atomic E-state index is -4.58. The third-order valence-corrected chi connectivity index (χ3v) is 3.86. The van der Waals surface area contributed by atoms with E-state index in [0.717, 1.165) is 12.8 Å². The van der Waals surface area contributed by atoms with Gasteiger partial charge in [0, 0.05) is 6.04 Å². The summed E-state index contributed by atoms with van der Waals surface area (Å²) in [5.74, 6) is 0. The Morgan fingerprint density at radius 1 is 1.32 bits per heavy atom. The lowest BCUT2D eigenvalue weighted by molar-refractivity contribution is -0.353. The van der Waals surface area contributed by atoms with Crippen LogP contribution in [0.5, 0.6) is 0 Å². The molecule has 0 unspecified atom stereocenters. The molecule has 3 rings (SSSR count). The molecule has 1 saturated carbocycles. The molecule has 0 amide bonds. The second-order valence-electron chi connectivity index (χ2n) is 5.56. The average molecular weight is 343 g/mol. The summed E-state index contributed by atoms with van der Waals surface area (Å²) in [6, 6.07) is -0.0832. The van der Waals surface area contributed by atoms with Crippen LogP contribution in [0.15, 0.2) is 6.20 Å². The lowest BCUT2D eigenvalue weighted by Crippen LogP contribution is -2.38. The van der Waals surface area contributed by atoms with Gasteiger partial charge in [-0.25, -0.2) is 0 Å². The molecule has 6 nitrogen and oxygen atoms in total. The van der Waals surface area contributed by atoms with Gasteiger partial charge in [0.1, 0.15) is 11.8 Å². The third-order valence-electron chi connectivity index (χ3n) is 3.86. The lowest BCUT2D eigenvalue weighted by atomic mass is 9.90. The molecule has 2 atom stereocenters. The Morgan fingerprint density at radius 2 is 2.05 bits per heavy atom. The number of aromatic nitrogens is 3. The fraction of sp³-hybridized carbons (Fsp3) is 0.833. The van der Waals surface area contributed by atoms with Gasteiger partial charge < -0.3 is 10.5 Å². The normalized spacial score (nSPS) is 32.2. The van der Waals surface area contributed by atoms with Crippen LogP contribution in [0.25, 0.3) is 0 Å². The van der Waals surface area contributed by atoms with Crippen molar-refractivity contribution in [2.45, 2.75) is 56.3 Å². The molecular formula is C12H18ClF3N4O2. The smallest absolute Gasteiger partial charge is 0.370 e. The predicted octanol–water partition coefficient (Wildman–Crippen LogP) is 2.12. The number of nitrogens with zero attached hydrogens (tertiary/aromatic N) is 3. The minimum absolute atomic E-state index is 0. The summed E-state index contributed by atoms with van der Waals surface area (Å²) in [5.41, 5.74) is 6.46. The number of ether oxygens (including phenoxy) is 2. The number of hydrogen-bond acceptors (Lipinski definition) is 5. The van der Waals surface area contributed by atoms with Crippen molar-refractivity contribution in [1.82, 2.24) is 15.0 Å². The molecule has 0 aromatic carbocycles. The van der Waals surface area contributed by atoms with Crippen molar-refractivity contribution in [3.05, 3.63) is 11.9 Å². The van der Waals surface area contributed by atoms with E-state index < -0.39 is 12.5 Å². The van der Waals surface area contributed by atoms with E-state index in [2.05, 4.69) is 14.9 Å². The Morgan fingerprint density at radius 3 is 2.64 bits per heavy atom. The van der Waals surface area contributed by atoms with Gasteiger partial charge in [0.05, 0.1) is 24.9 Å². The van der Waals surface area contributed by atoms with E-state index in [9.17, 15) is 13.2 Å². The fourth-order valence-corrected chi connectivity index (χ4v) is 2.63. The summed E-state index contributed by atoms with van der Waals surface area (Å²) in [6.07, 6.45) is -1.71. The minimum Gasteiger partial charge on any atom is -0.370 e. The number of nitrogens with two attached hydrogens (primary N) is 1. The van der Waals surface area contributed by atoms with Crippen LogP contribution in [0.4, 0.5) is 13.2 Å². The standard InChI is InChI=1S/C12H17F3N4O2.ClH/c13-12(14,15)21-9-3-8(4-9)19-17-5-10(18-19)11-2-1-7(16)6-20-11;/h5,7-9,11H,1-4,6,16H2;1H/t7-,8?,9?,11+;/m1./s1. The number of alkyl halides is 3. The molecule has 0 radical (unpaired) electrons. The first kappa shape index (κ1) is 17.5. The highest BCUT2D eigenvalue weighted by Gasteiger charge is 2.41. The van der Waals surface area contributed by atoms with Crippen LogP contribution in [0.1, 0.15) is 43.5 Å². The Balaban J connectivity index is 0.00000176. The van der Waals surface area contributed by atoms with E-state index in [1.807, 2.05) is 0 Å². The number of hydrogen-bond donors (Lipinski definition) is 1. The molecule has 0 spiro atoms. The summed E-state index contributed by atoms with van der Waals surface area (Å²) in [4.78, 5) is 1.46. The first-order valence-electron chi connectivity index (χ1n) is 6.94. The van der Waals surface area contributed by atoms with E-state index in [0.29, 0.717) is 12.3 Å². The maximum Gasteiger partial charge on any atom is 0.522 e. The van der Waals surface area contributed by atoms with Crippen LogP contribution >= 0.6 is 12.4 Å². The van der Waals surface area contributed by atoms with Crippen LogP contribution in [-0.4, -0.2) is 40.1 Å². The maximum atomic E-state index is 12.0. The summed E-state index contributed by atoms with van der Waals surface area (Å²) >= 11 is 0. The highest BCUT2D eigenvalue weighted by Crippen LogP contribution is 2.37. The number of rotatable bonds is 3. The first-order chi connectivity index (χ1) is 9.90. The maximum absolute atomic E-state index is 12.0. The zero-order valence-electron chi connectivity index (χ0n) is 11.7. The van der Waals surface area contributed by atoms with Gasteiger partial charge in [-0.1, -0.05) is 0 Å².